The topological polar surface area (TPSA) is 55.3 Å². The third-order valence-corrected chi connectivity index (χ3v) is 7.68. The van der Waals surface area contributed by atoms with E-state index in [2.05, 4.69) is 58.2 Å². The van der Waals surface area contributed by atoms with Crippen molar-refractivity contribution in [3.8, 4) is 0 Å². The van der Waals surface area contributed by atoms with Gasteiger partial charge in [-0.3, -0.25) is 4.90 Å². The summed E-state index contributed by atoms with van der Waals surface area (Å²) in [5.74, 6) is 2.61. The summed E-state index contributed by atoms with van der Waals surface area (Å²) < 4.78 is 0. The van der Waals surface area contributed by atoms with Crippen molar-refractivity contribution in [2.45, 2.75) is 85.4 Å². The van der Waals surface area contributed by atoms with Crippen LogP contribution in [-0.4, -0.2) is 24.0 Å². The van der Waals surface area contributed by atoms with Crippen LogP contribution in [0.2, 0.25) is 0 Å². The Labute approximate surface area is 185 Å². The number of rotatable bonds is 8. The molecule has 0 radical (unpaired) electrons. The fourth-order valence-corrected chi connectivity index (χ4v) is 5.91. The quantitative estimate of drug-likeness (QED) is 0.577. The Kier molecular flexibility index (Phi) is 7.81. The van der Waals surface area contributed by atoms with Crippen LogP contribution in [-0.2, 0) is 19.4 Å². The number of fused-ring (bicyclic) bond motifs is 3. The molecule has 3 heteroatoms. The first kappa shape index (κ1) is 23.5. The van der Waals surface area contributed by atoms with Gasteiger partial charge in [0.25, 0.3) is 0 Å². The largest absolute Gasteiger partial charge is 0.326 e. The lowest BCUT2D eigenvalue weighted by atomic mass is 9.71. The van der Waals surface area contributed by atoms with E-state index in [1.54, 1.807) is 5.56 Å². The van der Waals surface area contributed by atoms with Crippen molar-refractivity contribution < 1.29 is 0 Å². The second-order valence-corrected chi connectivity index (χ2v) is 10.7. The predicted octanol–water partition coefficient (Wildman–Crippen LogP) is 5.22. The minimum Gasteiger partial charge on any atom is -0.326 e. The molecule has 0 amide bonds. The molecule has 0 spiro atoms. The van der Waals surface area contributed by atoms with Gasteiger partial charge in [0.15, 0.2) is 0 Å². The summed E-state index contributed by atoms with van der Waals surface area (Å²) in [6.45, 7) is 18.9. The highest BCUT2D eigenvalue weighted by atomic mass is 15.2. The van der Waals surface area contributed by atoms with E-state index in [0.717, 1.165) is 31.1 Å². The van der Waals surface area contributed by atoms with Crippen LogP contribution in [0.4, 0.5) is 0 Å². The molecule has 0 bridgehead atoms. The van der Waals surface area contributed by atoms with Crippen LogP contribution >= 0.6 is 0 Å². The molecule has 2 heterocycles. The first-order valence-corrected chi connectivity index (χ1v) is 12.3. The number of piperidine rings is 1. The third kappa shape index (κ3) is 5.00. The molecule has 3 nitrogen and oxygen atoms in total. The summed E-state index contributed by atoms with van der Waals surface area (Å²) in [5, 5.41) is 0. The summed E-state index contributed by atoms with van der Waals surface area (Å²) in [4.78, 5) is 2.78. The smallest absolute Gasteiger partial charge is 0.0354 e. The first-order valence-electron chi connectivity index (χ1n) is 12.3. The molecular formula is C27H45N3. The van der Waals surface area contributed by atoms with E-state index in [1.165, 1.54) is 48.2 Å². The van der Waals surface area contributed by atoms with Gasteiger partial charge in [0, 0.05) is 31.7 Å². The maximum Gasteiger partial charge on any atom is 0.0354 e. The highest BCUT2D eigenvalue weighted by Gasteiger charge is 2.39. The molecule has 3 rings (SSSR count). The average molecular weight is 412 g/mol. The summed E-state index contributed by atoms with van der Waals surface area (Å²) in [5.41, 5.74) is 19.7. The Morgan fingerprint density at radius 2 is 1.90 bits per heavy atom. The fraction of sp³-hybridized carbons (Fsp3) is 0.704. The summed E-state index contributed by atoms with van der Waals surface area (Å²) >= 11 is 0. The SMILES string of the molecule is C=C(CC1CC2c3cc(CC)c(CN)cc3CCN2C[C@H]1CC(C)C)C(N)C(C)C. The molecule has 0 aromatic heterocycles. The zero-order valence-corrected chi connectivity index (χ0v) is 20.1. The lowest BCUT2D eigenvalue weighted by molar-refractivity contribution is 0.0439. The standard InChI is InChI=1S/C27H45N3/c1-7-20-13-25-21(12-23(20)15-28)8-9-30-16-24(10-17(2)3)22(14-26(25)30)11-19(6)27(29)18(4)5/h12-13,17-18,22,24,26-27H,6-11,14-16,28-29H2,1-5H3/t22?,24-,26?,27?/m1/s1. The number of aryl methyl sites for hydroxylation is 1. The van der Waals surface area contributed by atoms with E-state index in [1.807, 2.05) is 0 Å². The molecule has 1 fully saturated rings. The van der Waals surface area contributed by atoms with Crippen molar-refractivity contribution in [3.63, 3.8) is 0 Å². The van der Waals surface area contributed by atoms with Gasteiger partial charge >= 0.3 is 0 Å². The molecule has 30 heavy (non-hydrogen) atoms. The first-order chi connectivity index (χ1) is 14.2. The molecule has 3 unspecified atom stereocenters. The monoisotopic (exact) mass is 411 g/mol. The fourth-order valence-electron chi connectivity index (χ4n) is 5.91. The molecule has 1 aromatic carbocycles. The Hall–Kier alpha value is -1.16. The summed E-state index contributed by atoms with van der Waals surface area (Å²) in [6.07, 6.45) is 5.84. The third-order valence-electron chi connectivity index (χ3n) is 7.68. The average Bonchev–Trinajstić information content (AvgIpc) is 2.71. The highest BCUT2D eigenvalue weighted by molar-refractivity contribution is 5.42. The Bertz CT molecular complexity index is 736. The highest BCUT2D eigenvalue weighted by Crippen LogP contribution is 2.45. The second-order valence-electron chi connectivity index (χ2n) is 10.7. The van der Waals surface area contributed by atoms with Gasteiger partial charge in [0.2, 0.25) is 0 Å². The molecule has 4 N–H and O–H groups in total. The van der Waals surface area contributed by atoms with Gasteiger partial charge in [-0.25, -0.2) is 0 Å². The Balaban J connectivity index is 1.88. The molecule has 2 aliphatic rings. The molecule has 168 valence electrons. The molecular weight excluding hydrogens is 366 g/mol. The van der Waals surface area contributed by atoms with E-state index in [4.69, 9.17) is 11.5 Å². The number of nitrogens with zero attached hydrogens (tertiary/aromatic N) is 1. The lowest BCUT2D eigenvalue weighted by Gasteiger charge is -2.48. The normalized spacial score (nSPS) is 25.3. The minimum absolute atomic E-state index is 0.111. The van der Waals surface area contributed by atoms with Crippen molar-refractivity contribution >= 4 is 0 Å². The van der Waals surface area contributed by atoms with Gasteiger partial charge in [-0.2, -0.15) is 0 Å². The minimum atomic E-state index is 0.111. The van der Waals surface area contributed by atoms with Gasteiger partial charge in [0.1, 0.15) is 0 Å². The van der Waals surface area contributed by atoms with Crippen molar-refractivity contribution in [2.24, 2.45) is 35.1 Å². The molecule has 0 aliphatic carbocycles. The number of nitrogens with two attached hydrogens (primary N) is 2. The van der Waals surface area contributed by atoms with Crippen LogP contribution in [0.1, 0.15) is 82.2 Å². The van der Waals surface area contributed by atoms with Gasteiger partial charge in [0.05, 0.1) is 0 Å². The van der Waals surface area contributed by atoms with E-state index in [0.29, 0.717) is 24.4 Å². The lowest BCUT2D eigenvalue weighted by Crippen LogP contribution is -2.47. The molecule has 2 aliphatic heterocycles. The van der Waals surface area contributed by atoms with E-state index in [9.17, 15) is 0 Å². The van der Waals surface area contributed by atoms with Crippen LogP contribution in [0, 0.1) is 23.7 Å². The Morgan fingerprint density at radius 3 is 2.50 bits per heavy atom. The van der Waals surface area contributed by atoms with Crippen molar-refractivity contribution in [3.05, 3.63) is 46.5 Å². The second kappa shape index (κ2) is 9.97. The van der Waals surface area contributed by atoms with E-state index < -0.39 is 0 Å². The van der Waals surface area contributed by atoms with Gasteiger partial charge in [-0.05, 0) is 78.0 Å². The van der Waals surface area contributed by atoms with Gasteiger partial charge < -0.3 is 11.5 Å². The maximum absolute atomic E-state index is 6.48. The van der Waals surface area contributed by atoms with Crippen LogP contribution in [0.25, 0.3) is 0 Å². The van der Waals surface area contributed by atoms with Gasteiger partial charge in [-0.1, -0.05) is 58.9 Å². The molecule has 1 aromatic rings. The molecule has 0 saturated carbocycles. The number of hydrogen-bond donors (Lipinski definition) is 2. The molecule has 4 atom stereocenters. The summed E-state index contributed by atoms with van der Waals surface area (Å²) in [7, 11) is 0. The van der Waals surface area contributed by atoms with Crippen molar-refractivity contribution in [2.75, 3.05) is 13.1 Å². The molecule has 1 saturated heterocycles. The van der Waals surface area contributed by atoms with E-state index in [-0.39, 0.29) is 6.04 Å². The number of hydrogen-bond acceptors (Lipinski definition) is 3. The van der Waals surface area contributed by atoms with Crippen LogP contribution in [0.3, 0.4) is 0 Å². The van der Waals surface area contributed by atoms with Crippen LogP contribution in [0.15, 0.2) is 24.3 Å². The van der Waals surface area contributed by atoms with Crippen molar-refractivity contribution in [1.82, 2.24) is 4.90 Å². The summed E-state index contributed by atoms with van der Waals surface area (Å²) in [6, 6.07) is 5.56. The Morgan fingerprint density at radius 1 is 1.17 bits per heavy atom. The van der Waals surface area contributed by atoms with Gasteiger partial charge in [-0.15, -0.1) is 0 Å². The predicted molar refractivity (Wildman–Crippen MR) is 129 cm³/mol. The maximum atomic E-state index is 6.48. The zero-order valence-electron chi connectivity index (χ0n) is 20.1. The van der Waals surface area contributed by atoms with Crippen LogP contribution in [0.5, 0.6) is 0 Å². The van der Waals surface area contributed by atoms with Crippen LogP contribution < -0.4 is 11.5 Å². The van der Waals surface area contributed by atoms with Crippen molar-refractivity contribution in [1.29, 1.82) is 0 Å². The van der Waals surface area contributed by atoms with E-state index >= 15 is 0 Å². The zero-order chi connectivity index (χ0) is 22.0. The number of benzene rings is 1.